The second kappa shape index (κ2) is 6.91. The number of hydrogen-bond donors (Lipinski definition) is 3. The summed E-state index contributed by atoms with van der Waals surface area (Å²) in [6.07, 6.45) is 5.80. The van der Waals surface area contributed by atoms with E-state index in [9.17, 15) is 4.79 Å². The van der Waals surface area contributed by atoms with Gasteiger partial charge < -0.3 is 16.0 Å². The zero-order valence-corrected chi connectivity index (χ0v) is 11.6. The largest absolute Gasteiger partial charge is 0.361 e. The van der Waals surface area contributed by atoms with Crippen LogP contribution >= 0.6 is 0 Å². The number of rotatable bonds is 7. The Hall–Kier alpha value is -2.07. The smallest absolute Gasteiger partial charge is 0.220 e. The van der Waals surface area contributed by atoms with Crippen LogP contribution in [0.5, 0.6) is 0 Å². The van der Waals surface area contributed by atoms with Crippen LogP contribution in [0.25, 0.3) is 10.9 Å². The summed E-state index contributed by atoms with van der Waals surface area (Å²) < 4.78 is 0. The molecule has 0 fully saturated rings. The van der Waals surface area contributed by atoms with Crippen LogP contribution in [0.4, 0.5) is 0 Å². The zero-order valence-electron chi connectivity index (χ0n) is 11.6. The summed E-state index contributed by atoms with van der Waals surface area (Å²) in [7, 11) is 0. The highest BCUT2D eigenvalue weighted by Gasteiger charge is 2.06. The first-order valence-electron chi connectivity index (χ1n) is 6.91. The lowest BCUT2D eigenvalue weighted by molar-refractivity contribution is -0.120. The van der Waals surface area contributed by atoms with Gasteiger partial charge in [0, 0.05) is 30.1 Å². The van der Waals surface area contributed by atoms with Crippen LogP contribution in [0.3, 0.4) is 0 Å². The molecular formula is C16H21N3O. The topological polar surface area (TPSA) is 70.9 Å². The third-order valence-electron chi connectivity index (χ3n) is 3.33. The van der Waals surface area contributed by atoms with E-state index in [0.29, 0.717) is 19.5 Å². The van der Waals surface area contributed by atoms with Crippen LogP contribution in [-0.4, -0.2) is 24.0 Å². The number of nitrogens with two attached hydrogens (primary N) is 1. The molecule has 2 aromatic rings. The van der Waals surface area contributed by atoms with Gasteiger partial charge >= 0.3 is 0 Å². The van der Waals surface area contributed by atoms with Crippen LogP contribution in [-0.2, 0) is 17.6 Å². The Morgan fingerprint density at radius 3 is 3.00 bits per heavy atom. The molecule has 106 valence electrons. The van der Waals surface area contributed by atoms with Gasteiger partial charge in [0.25, 0.3) is 0 Å². The van der Waals surface area contributed by atoms with Crippen LogP contribution in [0, 0.1) is 0 Å². The van der Waals surface area contributed by atoms with E-state index in [1.807, 2.05) is 6.20 Å². The van der Waals surface area contributed by atoms with Crippen LogP contribution in [0.2, 0.25) is 0 Å². The molecular weight excluding hydrogens is 250 g/mol. The normalized spacial score (nSPS) is 10.7. The van der Waals surface area contributed by atoms with Crippen molar-refractivity contribution in [3.8, 4) is 0 Å². The van der Waals surface area contributed by atoms with Crippen molar-refractivity contribution in [2.75, 3.05) is 13.1 Å². The van der Waals surface area contributed by atoms with Gasteiger partial charge in [-0.1, -0.05) is 12.1 Å². The van der Waals surface area contributed by atoms with Gasteiger partial charge in [0.2, 0.25) is 5.91 Å². The van der Waals surface area contributed by atoms with Gasteiger partial charge in [0.05, 0.1) is 0 Å². The second-order valence-corrected chi connectivity index (χ2v) is 4.83. The van der Waals surface area contributed by atoms with E-state index < -0.39 is 0 Å². The van der Waals surface area contributed by atoms with Gasteiger partial charge in [-0.2, -0.15) is 0 Å². The molecule has 0 saturated carbocycles. The molecule has 0 radical (unpaired) electrons. The van der Waals surface area contributed by atoms with Crippen LogP contribution in [0.15, 0.2) is 37.1 Å². The molecule has 0 aliphatic heterocycles. The fourth-order valence-corrected chi connectivity index (χ4v) is 2.28. The van der Waals surface area contributed by atoms with Crippen molar-refractivity contribution in [1.29, 1.82) is 0 Å². The monoisotopic (exact) mass is 271 g/mol. The Balaban J connectivity index is 2.05. The molecule has 0 saturated heterocycles. The number of aryl methyl sites for hydroxylation is 1. The number of hydrogen-bond acceptors (Lipinski definition) is 2. The first-order valence-corrected chi connectivity index (χ1v) is 6.91. The van der Waals surface area contributed by atoms with Crippen molar-refractivity contribution >= 4 is 16.8 Å². The van der Waals surface area contributed by atoms with Crippen LogP contribution < -0.4 is 11.1 Å². The average Bonchev–Trinajstić information content (AvgIpc) is 2.86. The number of H-pyrrole nitrogens is 1. The summed E-state index contributed by atoms with van der Waals surface area (Å²) in [6.45, 7) is 4.74. The number of nitrogens with one attached hydrogen (secondary N) is 2. The Morgan fingerprint density at radius 1 is 1.40 bits per heavy atom. The van der Waals surface area contributed by atoms with Gasteiger partial charge in [0.1, 0.15) is 0 Å². The van der Waals surface area contributed by atoms with E-state index in [-0.39, 0.29) is 5.91 Å². The number of amides is 1. The fraction of sp³-hybridized carbons (Fsp3) is 0.312. The molecule has 4 N–H and O–H groups in total. The maximum absolute atomic E-state index is 11.6. The maximum Gasteiger partial charge on any atom is 0.220 e. The number of aromatic nitrogens is 1. The van der Waals surface area contributed by atoms with E-state index in [1.54, 1.807) is 6.08 Å². The number of fused-ring (bicyclic) bond motifs is 1. The van der Waals surface area contributed by atoms with Crippen molar-refractivity contribution < 1.29 is 4.79 Å². The standard InChI is InChI=1S/C16H21N3O/c1-2-9-18-16(20)6-4-12-3-5-15-14(10-12)13(7-8-17)11-19-15/h2-3,5,10-11,19H,1,4,6-9,17H2,(H,18,20). The molecule has 1 amide bonds. The minimum Gasteiger partial charge on any atom is -0.361 e. The molecule has 0 bridgehead atoms. The molecule has 1 aromatic heterocycles. The van der Waals surface area contributed by atoms with E-state index >= 15 is 0 Å². The molecule has 0 spiro atoms. The van der Waals surface area contributed by atoms with E-state index in [2.05, 4.69) is 35.1 Å². The van der Waals surface area contributed by atoms with Gasteiger partial charge in [-0.15, -0.1) is 6.58 Å². The number of benzene rings is 1. The summed E-state index contributed by atoms with van der Waals surface area (Å²) in [5.41, 5.74) is 9.14. The average molecular weight is 271 g/mol. The predicted octanol–water partition coefficient (Wildman–Crippen LogP) is 1.90. The summed E-state index contributed by atoms with van der Waals surface area (Å²) >= 11 is 0. The third kappa shape index (κ3) is 3.48. The maximum atomic E-state index is 11.6. The molecule has 2 rings (SSSR count). The lowest BCUT2D eigenvalue weighted by Crippen LogP contribution is -2.23. The molecule has 0 aliphatic carbocycles. The van der Waals surface area contributed by atoms with Gasteiger partial charge in [-0.3, -0.25) is 4.79 Å². The number of carbonyl (C=O) groups is 1. The van der Waals surface area contributed by atoms with Gasteiger partial charge in [0.15, 0.2) is 0 Å². The van der Waals surface area contributed by atoms with Crippen molar-refractivity contribution in [3.63, 3.8) is 0 Å². The highest BCUT2D eigenvalue weighted by atomic mass is 16.1. The summed E-state index contributed by atoms with van der Waals surface area (Å²) in [5, 5.41) is 3.99. The Labute approximate surface area is 119 Å². The van der Waals surface area contributed by atoms with Gasteiger partial charge in [-0.05, 0) is 42.6 Å². The molecule has 1 heterocycles. The van der Waals surface area contributed by atoms with Gasteiger partial charge in [-0.25, -0.2) is 0 Å². The first-order chi connectivity index (χ1) is 9.74. The molecule has 0 atom stereocenters. The zero-order chi connectivity index (χ0) is 14.4. The van der Waals surface area contributed by atoms with E-state index in [4.69, 9.17) is 5.73 Å². The Morgan fingerprint density at radius 2 is 2.25 bits per heavy atom. The van der Waals surface area contributed by atoms with Crippen molar-refractivity contribution in [1.82, 2.24) is 10.3 Å². The molecule has 4 nitrogen and oxygen atoms in total. The second-order valence-electron chi connectivity index (χ2n) is 4.83. The molecule has 0 unspecified atom stereocenters. The molecule has 20 heavy (non-hydrogen) atoms. The lowest BCUT2D eigenvalue weighted by atomic mass is 10.0. The third-order valence-corrected chi connectivity index (χ3v) is 3.33. The minimum atomic E-state index is 0.0567. The summed E-state index contributed by atoms with van der Waals surface area (Å²) in [4.78, 5) is 14.8. The molecule has 1 aromatic carbocycles. The highest BCUT2D eigenvalue weighted by molar-refractivity contribution is 5.84. The van der Waals surface area contributed by atoms with E-state index in [0.717, 1.165) is 18.4 Å². The van der Waals surface area contributed by atoms with E-state index in [1.165, 1.54) is 16.5 Å². The van der Waals surface area contributed by atoms with Crippen LogP contribution in [0.1, 0.15) is 17.5 Å². The van der Waals surface area contributed by atoms with Crippen molar-refractivity contribution in [3.05, 3.63) is 48.2 Å². The highest BCUT2D eigenvalue weighted by Crippen LogP contribution is 2.20. The number of aromatic amines is 1. The first kappa shape index (κ1) is 14.3. The van der Waals surface area contributed by atoms with Crippen molar-refractivity contribution in [2.24, 2.45) is 5.73 Å². The van der Waals surface area contributed by atoms with Crippen molar-refractivity contribution in [2.45, 2.75) is 19.3 Å². The molecule has 0 aliphatic rings. The Bertz CT molecular complexity index is 601. The summed E-state index contributed by atoms with van der Waals surface area (Å²) in [5.74, 6) is 0.0567. The molecule has 4 heteroatoms. The summed E-state index contributed by atoms with van der Waals surface area (Å²) in [6, 6.07) is 6.27. The minimum absolute atomic E-state index is 0.0567. The Kier molecular flexibility index (Phi) is 4.96. The number of carbonyl (C=O) groups excluding carboxylic acids is 1. The lowest BCUT2D eigenvalue weighted by Gasteiger charge is -2.04. The fourth-order valence-electron chi connectivity index (χ4n) is 2.28. The quantitative estimate of drug-likeness (QED) is 0.673. The SMILES string of the molecule is C=CCNC(=O)CCc1ccc2[nH]cc(CCN)c2c1. The predicted molar refractivity (Wildman–Crippen MR) is 82.6 cm³/mol.